The molecule has 0 unspecified atom stereocenters. The Morgan fingerprint density at radius 1 is 0.968 bits per heavy atom. The molecule has 8 nitrogen and oxygen atoms in total. The largest absolute Gasteiger partial charge is 0.457 e. The first kappa shape index (κ1) is 18.7. The first-order chi connectivity index (χ1) is 15.2. The van der Waals surface area contributed by atoms with Crippen molar-refractivity contribution in [2.45, 2.75) is 13.2 Å². The lowest BCUT2D eigenvalue weighted by Gasteiger charge is -2.11. The molecule has 0 amide bonds. The highest BCUT2D eigenvalue weighted by Crippen LogP contribution is 2.17. The third kappa shape index (κ3) is 3.55. The van der Waals surface area contributed by atoms with Crippen molar-refractivity contribution in [1.29, 1.82) is 0 Å². The quantitative estimate of drug-likeness (QED) is 0.413. The highest BCUT2D eigenvalue weighted by molar-refractivity contribution is 5.94. The fourth-order valence-corrected chi connectivity index (χ4v) is 3.48. The number of pyridine rings is 1. The normalized spacial score (nSPS) is 11.1. The molecule has 0 aliphatic rings. The van der Waals surface area contributed by atoms with Gasteiger partial charge in [0.15, 0.2) is 0 Å². The summed E-state index contributed by atoms with van der Waals surface area (Å²) in [5.41, 5.74) is 2.47. The van der Waals surface area contributed by atoms with E-state index < -0.39 is 5.97 Å². The summed E-state index contributed by atoms with van der Waals surface area (Å²) in [5.74, 6) is -0.0639. The Bertz CT molecular complexity index is 1440. The van der Waals surface area contributed by atoms with Gasteiger partial charge in [-0.3, -0.25) is 18.7 Å². The van der Waals surface area contributed by atoms with Crippen LogP contribution in [0, 0.1) is 0 Å². The number of carbonyl (C=O) groups excluding carboxylic acids is 1. The molecule has 0 N–H and O–H groups in total. The molecule has 3 aromatic heterocycles. The van der Waals surface area contributed by atoms with E-state index in [1.807, 2.05) is 30.3 Å². The van der Waals surface area contributed by atoms with Gasteiger partial charge in [0.25, 0.3) is 5.56 Å². The van der Waals surface area contributed by atoms with Crippen LogP contribution in [0.1, 0.15) is 21.5 Å². The van der Waals surface area contributed by atoms with Gasteiger partial charge in [-0.15, -0.1) is 10.2 Å². The van der Waals surface area contributed by atoms with E-state index in [2.05, 4.69) is 15.2 Å². The van der Waals surface area contributed by atoms with Gasteiger partial charge in [-0.1, -0.05) is 30.3 Å². The van der Waals surface area contributed by atoms with Crippen LogP contribution in [-0.4, -0.2) is 30.1 Å². The number of rotatable bonds is 5. The fourth-order valence-electron chi connectivity index (χ4n) is 3.48. The van der Waals surface area contributed by atoms with E-state index in [0.717, 1.165) is 11.1 Å². The van der Waals surface area contributed by atoms with E-state index >= 15 is 0 Å². The summed E-state index contributed by atoms with van der Waals surface area (Å²) in [6.07, 6.45) is 4.83. The molecule has 0 atom stereocenters. The molecule has 5 aromatic rings. The van der Waals surface area contributed by atoms with Crippen LogP contribution >= 0.6 is 0 Å². The summed E-state index contributed by atoms with van der Waals surface area (Å²) in [5, 5.41) is 8.49. The minimum Gasteiger partial charge on any atom is -0.457 e. The Morgan fingerprint density at radius 2 is 1.77 bits per heavy atom. The van der Waals surface area contributed by atoms with Crippen molar-refractivity contribution in [2.75, 3.05) is 0 Å². The van der Waals surface area contributed by atoms with Crippen LogP contribution in [0.2, 0.25) is 0 Å². The average molecular weight is 411 g/mol. The number of ether oxygens (including phenoxy) is 1. The smallest absolute Gasteiger partial charge is 0.338 e. The van der Waals surface area contributed by atoms with Crippen molar-refractivity contribution in [1.82, 2.24) is 24.1 Å². The molecule has 0 spiro atoms. The number of hydrogen-bond acceptors (Lipinski definition) is 6. The number of nitrogens with zero attached hydrogens (tertiary/aromatic N) is 5. The Balaban J connectivity index is 1.54. The van der Waals surface area contributed by atoms with Gasteiger partial charge in [-0.2, -0.15) is 0 Å². The molecule has 3 heterocycles. The molecular formula is C23H17N5O3. The molecule has 0 radical (unpaired) electrons. The van der Waals surface area contributed by atoms with Crippen LogP contribution in [0.3, 0.4) is 0 Å². The van der Waals surface area contributed by atoms with Crippen LogP contribution in [-0.2, 0) is 17.9 Å². The average Bonchev–Trinajstić information content (AvgIpc) is 3.31. The van der Waals surface area contributed by atoms with Gasteiger partial charge in [0, 0.05) is 12.4 Å². The van der Waals surface area contributed by atoms with E-state index in [1.165, 1.54) is 0 Å². The van der Waals surface area contributed by atoms with Crippen LogP contribution in [0.25, 0.3) is 16.7 Å². The lowest BCUT2D eigenvalue weighted by molar-refractivity contribution is 0.0473. The summed E-state index contributed by atoms with van der Waals surface area (Å²) < 4.78 is 8.69. The summed E-state index contributed by atoms with van der Waals surface area (Å²) in [6.45, 7) is 0.469. The van der Waals surface area contributed by atoms with E-state index in [4.69, 9.17) is 4.74 Å². The predicted octanol–water partition coefficient (Wildman–Crippen LogP) is 2.84. The van der Waals surface area contributed by atoms with Crippen LogP contribution in [0.5, 0.6) is 0 Å². The number of fused-ring (bicyclic) bond motifs is 3. The van der Waals surface area contributed by atoms with Crippen molar-refractivity contribution < 1.29 is 9.53 Å². The van der Waals surface area contributed by atoms with Crippen molar-refractivity contribution in [2.24, 2.45) is 0 Å². The molecule has 0 saturated heterocycles. The van der Waals surface area contributed by atoms with Gasteiger partial charge in [-0.05, 0) is 41.5 Å². The summed E-state index contributed by atoms with van der Waals surface area (Å²) in [4.78, 5) is 29.8. The van der Waals surface area contributed by atoms with Crippen LogP contribution in [0.15, 0.2) is 84.2 Å². The van der Waals surface area contributed by atoms with E-state index in [0.29, 0.717) is 28.8 Å². The van der Waals surface area contributed by atoms with E-state index in [9.17, 15) is 9.59 Å². The molecule has 31 heavy (non-hydrogen) atoms. The molecule has 0 bridgehead atoms. The standard InChI is InChI=1S/C23H17N5O3/c29-21-19-12-18(22(30)31-14-17-8-10-24-11-9-17)6-7-20(19)28-15-25-26-23(28)27(21)13-16-4-2-1-3-5-16/h1-12,15H,13-14H2. The lowest BCUT2D eigenvalue weighted by atomic mass is 10.1. The van der Waals surface area contributed by atoms with Gasteiger partial charge >= 0.3 is 5.97 Å². The van der Waals surface area contributed by atoms with Gasteiger partial charge < -0.3 is 4.74 Å². The number of hydrogen-bond donors (Lipinski definition) is 0. The minimum absolute atomic E-state index is 0.127. The van der Waals surface area contributed by atoms with Crippen molar-refractivity contribution in [3.8, 4) is 0 Å². The van der Waals surface area contributed by atoms with Crippen molar-refractivity contribution in [3.05, 3.63) is 106 Å². The third-order valence-corrected chi connectivity index (χ3v) is 5.04. The molecule has 0 fully saturated rings. The second-order valence-corrected chi connectivity index (χ2v) is 7.04. The molecule has 8 heteroatoms. The van der Waals surface area contributed by atoms with Gasteiger partial charge in [0.2, 0.25) is 5.78 Å². The summed E-state index contributed by atoms with van der Waals surface area (Å²) in [6, 6.07) is 18.1. The monoisotopic (exact) mass is 411 g/mol. The first-order valence-corrected chi connectivity index (χ1v) is 9.67. The molecule has 0 aliphatic heterocycles. The SMILES string of the molecule is O=C(OCc1ccncc1)c1ccc2c(c1)c(=O)n(Cc1ccccc1)c1nncn21. The van der Waals surface area contributed by atoms with E-state index in [-0.39, 0.29) is 12.2 Å². The zero-order chi connectivity index (χ0) is 21.2. The maximum Gasteiger partial charge on any atom is 0.338 e. The Hall–Kier alpha value is -4.33. The molecule has 5 rings (SSSR count). The molecule has 2 aromatic carbocycles. The fraction of sp³-hybridized carbons (Fsp3) is 0.0870. The minimum atomic E-state index is -0.503. The summed E-state index contributed by atoms with van der Waals surface area (Å²) in [7, 11) is 0. The Kier molecular flexibility index (Phi) is 4.72. The number of benzene rings is 2. The topological polar surface area (TPSA) is 91.4 Å². The summed E-state index contributed by atoms with van der Waals surface area (Å²) >= 11 is 0. The van der Waals surface area contributed by atoms with Crippen LogP contribution in [0.4, 0.5) is 0 Å². The number of aromatic nitrogens is 5. The predicted molar refractivity (Wildman–Crippen MR) is 114 cm³/mol. The highest BCUT2D eigenvalue weighted by atomic mass is 16.5. The van der Waals surface area contributed by atoms with Crippen molar-refractivity contribution in [3.63, 3.8) is 0 Å². The van der Waals surface area contributed by atoms with Gasteiger partial charge in [0.1, 0.15) is 12.9 Å². The first-order valence-electron chi connectivity index (χ1n) is 9.67. The highest BCUT2D eigenvalue weighted by Gasteiger charge is 2.16. The zero-order valence-electron chi connectivity index (χ0n) is 16.4. The Labute approximate surface area is 176 Å². The third-order valence-electron chi connectivity index (χ3n) is 5.04. The Morgan fingerprint density at radius 3 is 2.58 bits per heavy atom. The molecule has 0 saturated carbocycles. The molecule has 0 aliphatic carbocycles. The molecular weight excluding hydrogens is 394 g/mol. The number of esters is 1. The second kappa shape index (κ2) is 7.83. The van der Waals surface area contributed by atoms with Crippen molar-refractivity contribution >= 4 is 22.6 Å². The maximum atomic E-state index is 13.3. The van der Waals surface area contributed by atoms with E-state index in [1.54, 1.807) is 58.0 Å². The lowest BCUT2D eigenvalue weighted by Crippen LogP contribution is -2.24. The maximum absolute atomic E-state index is 13.3. The van der Waals surface area contributed by atoms with Gasteiger partial charge in [0.05, 0.1) is 23.0 Å². The second-order valence-electron chi connectivity index (χ2n) is 7.04. The van der Waals surface area contributed by atoms with Gasteiger partial charge in [-0.25, -0.2) is 4.79 Å². The molecule has 152 valence electrons. The van der Waals surface area contributed by atoms with Crippen LogP contribution < -0.4 is 5.56 Å². The number of carbonyl (C=O) groups is 1. The zero-order valence-corrected chi connectivity index (χ0v) is 16.4.